The first kappa shape index (κ1) is 11.7. The molecule has 0 aliphatic heterocycles. The van der Waals surface area contributed by atoms with Gasteiger partial charge in [-0.3, -0.25) is 0 Å². The lowest BCUT2D eigenvalue weighted by Crippen LogP contribution is -2.17. The normalized spacial score (nSPS) is 11.6. The summed E-state index contributed by atoms with van der Waals surface area (Å²) in [6.07, 6.45) is -4.69. The summed E-state index contributed by atoms with van der Waals surface area (Å²) in [6.45, 7) is 1.45. The van der Waals surface area contributed by atoms with Crippen LogP contribution in [-0.4, -0.2) is 6.36 Å². The third-order valence-electron chi connectivity index (χ3n) is 1.52. The van der Waals surface area contributed by atoms with Gasteiger partial charge in [-0.1, -0.05) is 11.6 Å². The SMILES string of the molecule is Cc1c(OC(F)(F)F)ccc(Br)c1Cl. The first-order valence-corrected chi connectivity index (χ1v) is 4.68. The van der Waals surface area contributed by atoms with E-state index in [9.17, 15) is 13.2 Å². The molecule has 0 aliphatic carbocycles. The van der Waals surface area contributed by atoms with Gasteiger partial charge in [-0.15, -0.1) is 13.2 Å². The van der Waals surface area contributed by atoms with Gasteiger partial charge in [0.1, 0.15) is 5.75 Å². The Bertz CT molecular complexity index is 351. The van der Waals surface area contributed by atoms with E-state index in [1.54, 1.807) is 0 Å². The standard InChI is InChI=1S/C8H5BrClF3O/c1-4-6(14-8(11,12)13)3-2-5(9)7(4)10/h2-3H,1H3. The summed E-state index contributed by atoms with van der Waals surface area (Å²) in [7, 11) is 0. The van der Waals surface area contributed by atoms with Crippen molar-refractivity contribution in [1.82, 2.24) is 0 Å². The lowest BCUT2D eigenvalue weighted by molar-refractivity contribution is -0.274. The number of hydrogen-bond donors (Lipinski definition) is 0. The molecule has 0 heterocycles. The highest BCUT2D eigenvalue weighted by Gasteiger charge is 2.32. The summed E-state index contributed by atoms with van der Waals surface area (Å²) < 4.78 is 39.9. The molecule has 0 saturated carbocycles. The summed E-state index contributed by atoms with van der Waals surface area (Å²) in [5.41, 5.74) is 0.248. The van der Waals surface area contributed by atoms with Crippen molar-refractivity contribution in [2.45, 2.75) is 13.3 Å². The number of halogens is 5. The van der Waals surface area contributed by atoms with Crippen molar-refractivity contribution >= 4 is 27.5 Å². The van der Waals surface area contributed by atoms with Crippen molar-refractivity contribution in [2.75, 3.05) is 0 Å². The Labute approximate surface area is 91.9 Å². The number of alkyl halides is 3. The van der Waals surface area contributed by atoms with E-state index < -0.39 is 6.36 Å². The van der Waals surface area contributed by atoms with Crippen LogP contribution in [-0.2, 0) is 0 Å². The Morgan fingerprint density at radius 3 is 2.43 bits per heavy atom. The van der Waals surface area contributed by atoms with Crippen LogP contribution in [0.15, 0.2) is 16.6 Å². The van der Waals surface area contributed by atoms with E-state index in [1.807, 2.05) is 0 Å². The summed E-state index contributed by atoms with van der Waals surface area (Å²) in [4.78, 5) is 0. The molecule has 0 atom stereocenters. The Balaban J connectivity index is 3.06. The first-order valence-electron chi connectivity index (χ1n) is 3.51. The fraction of sp³-hybridized carbons (Fsp3) is 0.250. The molecule has 14 heavy (non-hydrogen) atoms. The highest BCUT2D eigenvalue weighted by molar-refractivity contribution is 9.10. The molecule has 0 N–H and O–H groups in total. The maximum atomic E-state index is 11.9. The number of benzene rings is 1. The largest absolute Gasteiger partial charge is 0.573 e. The fourth-order valence-electron chi connectivity index (χ4n) is 0.870. The zero-order chi connectivity index (χ0) is 10.9. The van der Waals surface area contributed by atoms with E-state index in [-0.39, 0.29) is 16.3 Å². The van der Waals surface area contributed by atoms with E-state index in [2.05, 4.69) is 20.7 Å². The second-order valence-corrected chi connectivity index (χ2v) is 3.76. The molecule has 78 valence electrons. The maximum absolute atomic E-state index is 11.9. The van der Waals surface area contributed by atoms with Gasteiger partial charge in [0.15, 0.2) is 0 Å². The van der Waals surface area contributed by atoms with Crippen LogP contribution in [0.5, 0.6) is 5.75 Å². The molecule has 0 bridgehead atoms. The lowest BCUT2D eigenvalue weighted by Gasteiger charge is -2.12. The Kier molecular flexibility index (Phi) is 3.32. The minimum atomic E-state index is -4.69. The van der Waals surface area contributed by atoms with Crippen LogP contribution in [0.1, 0.15) is 5.56 Å². The molecule has 1 rings (SSSR count). The molecule has 0 saturated heterocycles. The molecule has 0 spiro atoms. The van der Waals surface area contributed by atoms with Crippen molar-refractivity contribution < 1.29 is 17.9 Å². The van der Waals surface area contributed by atoms with E-state index >= 15 is 0 Å². The average molecular weight is 289 g/mol. The molecule has 0 aliphatic rings. The predicted molar refractivity (Wildman–Crippen MR) is 50.6 cm³/mol. The Morgan fingerprint density at radius 2 is 1.93 bits per heavy atom. The van der Waals surface area contributed by atoms with E-state index in [0.29, 0.717) is 4.47 Å². The zero-order valence-corrected chi connectivity index (χ0v) is 9.29. The van der Waals surface area contributed by atoms with Crippen molar-refractivity contribution in [2.24, 2.45) is 0 Å². The predicted octanol–water partition coefficient (Wildman–Crippen LogP) is 4.31. The van der Waals surface area contributed by atoms with Crippen molar-refractivity contribution in [3.05, 3.63) is 27.2 Å². The summed E-state index contributed by atoms with van der Waals surface area (Å²) >= 11 is 8.81. The fourth-order valence-corrected chi connectivity index (χ4v) is 1.46. The van der Waals surface area contributed by atoms with E-state index in [0.717, 1.165) is 0 Å². The monoisotopic (exact) mass is 288 g/mol. The third-order valence-corrected chi connectivity index (χ3v) is 2.89. The van der Waals surface area contributed by atoms with Crippen LogP contribution in [0.4, 0.5) is 13.2 Å². The van der Waals surface area contributed by atoms with Gasteiger partial charge in [0, 0.05) is 10.0 Å². The van der Waals surface area contributed by atoms with Gasteiger partial charge in [0.05, 0.1) is 5.02 Å². The smallest absolute Gasteiger partial charge is 0.405 e. The molecule has 0 fully saturated rings. The third kappa shape index (κ3) is 2.78. The average Bonchev–Trinajstić information content (AvgIpc) is 2.04. The maximum Gasteiger partial charge on any atom is 0.573 e. The first-order chi connectivity index (χ1) is 6.31. The van der Waals surface area contributed by atoms with Crippen LogP contribution < -0.4 is 4.74 Å². The highest BCUT2D eigenvalue weighted by Crippen LogP contribution is 2.34. The Hall–Kier alpha value is -0.420. The van der Waals surface area contributed by atoms with Gasteiger partial charge in [0.25, 0.3) is 0 Å². The van der Waals surface area contributed by atoms with Gasteiger partial charge in [-0.05, 0) is 35.0 Å². The highest BCUT2D eigenvalue weighted by atomic mass is 79.9. The van der Waals surface area contributed by atoms with Crippen molar-refractivity contribution in [1.29, 1.82) is 0 Å². The van der Waals surface area contributed by atoms with E-state index in [1.165, 1.54) is 19.1 Å². The molecule has 1 aromatic rings. The van der Waals surface area contributed by atoms with Gasteiger partial charge < -0.3 is 4.74 Å². The molecule has 1 aromatic carbocycles. The topological polar surface area (TPSA) is 9.23 Å². The zero-order valence-electron chi connectivity index (χ0n) is 6.95. The van der Waals surface area contributed by atoms with Crippen LogP contribution in [0, 0.1) is 6.92 Å². The van der Waals surface area contributed by atoms with Crippen LogP contribution in [0.25, 0.3) is 0 Å². The van der Waals surface area contributed by atoms with Crippen LogP contribution in [0.3, 0.4) is 0 Å². The van der Waals surface area contributed by atoms with Crippen molar-refractivity contribution in [3.63, 3.8) is 0 Å². The molecule has 0 radical (unpaired) electrons. The number of hydrogen-bond acceptors (Lipinski definition) is 1. The van der Waals surface area contributed by atoms with Gasteiger partial charge in [0.2, 0.25) is 0 Å². The summed E-state index contributed by atoms with van der Waals surface area (Å²) in [5, 5.41) is 0.215. The molecule has 1 nitrogen and oxygen atoms in total. The quantitative estimate of drug-likeness (QED) is 0.748. The molecular formula is C8H5BrClF3O. The minimum absolute atomic E-state index is 0.215. The Morgan fingerprint density at radius 1 is 1.36 bits per heavy atom. The minimum Gasteiger partial charge on any atom is -0.405 e. The summed E-state index contributed by atoms with van der Waals surface area (Å²) in [5.74, 6) is -0.286. The second-order valence-electron chi connectivity index (χ2n) is 2.53. The van der Waals surface area contributed by atoms with E-state index in [4.69, 9.17) is 11.6 Å². The summed E-state index contributed by atoms with van der Waals surface area (Å²) in [6, 6.07) is 2.61. The van der Waals surface area contributed by atoms with Crippen LogP contribution >= 0.6 is 27.5 Å². The van der Waals surface area contributed by atoms with Crippen molar-refractivity contribution in [3.8, 4) is 5.75 Å². The van der Waals surface area contributed by atoms with Crippen LogP contribution in [0.2, 0.25) is 5.02 Å². The molecule has 6 heteroatoms. The van der Waals surface area contributed by atoms with Gasteiger partial charge in [-0.2, -0.15) is 0 Å². The molecule has 0 unspecified atom stereocenters. The molecular weight excluding hydrogens is 284 g/mol. The van der Waals surface area contributed by atoms with Gasteiger partial charge >= 0.3 is 6.36 Å². The molecule has 0 aromatic heterocycles. The van der Waals surface area contributed by atoms with Gasteiger partial charge in [-0.25, -0.2) is 0 Å². The number of rotatable bonds is 1. The number of ether oxygens (including phenoxy) is 1. The second kappa shape index (κ2) is 3.98. The molecule has 0 amide bonds. The lowest BCUT2D eigenvalue weighted by atomic mass is 10.2.